The first kappa shape index (κ1) is 18.6. The van der Waals surface area contributed by atoms with Gasteiger partial charge in [-0.05, 0) is 18.8 Å². The summed E-state index contributed by atoms with van der Waals surface area (Å²) < 4.78 is 10.5. The van der Waals surface area contributed by atoms with Crippen molar-refractivity contribution in [2.45, 2.75) is 34.6 Å². The zero-order chi connectivity index (χ0) is 14.8. The highest BCUT2D eigenvalue weighted by atomic mass is 31.1. The standard InChI is InChI=1S/C14H27O4P/c1-11(2)8-17-6-7-19(16)10-13(5)14(15)18-9-12(3)4/h10-13H,6-9H2,1-5H3. The average Bonchev–Trinajstić information content (AvgIpc) is 2.31. The number of carbonyl (C=O) groups excluding carboxylic acids is 1. The summed E-state index contributed by atoms with van der Waals surface area (Å²) in [5, 5.41) is 0. The van der Waals surface area contributed by atoms with Gasteiger partial charge in [-0.2, -0.15) is 0 Å². The molecule has 19 heavy (non-hydrogen) atoms. The molecule has 0 N–H and O–H groups in total. The molecule has 0 aromatic rings. The average molecular weight is 290 g/mol. The van der Waals surface area contributed by atoms with Crippen molar-refractivity contribution in [3.05, 3.63) is 0 Å². The molecule has 5 heteroatoms. The van der Waals surface area contributed by atoms with Gasteiger partial charge in [-0.1, -0.05) is 27.7 Å². The van der Waals surface area contributed by atoms with Gasteiger partial charge < -0.3 is 14.4 Å². The number of hydrogen-bond donors (Lipinski definition) is 0. The monoisotopic (exact) mass is 290 g/mol. The van der Waals surface area contributed by atoms with Crippen LogP contribution in [0.2, 0.25) is 0 Å². The maximum absolute atomic E-state index is 11.7. The summed E-state index contributed by atoms with van der Waals surface area (Å²) in [6.07, 6.45) is 0.462. The molecule has 112 valence electrons. The third kappa shape index (κ3) is 11.1. The third-order valence-electron chi connectivity index (χ3n) is 2.23. The summed E-state index contributed by atoms with van der Waals surface area (Å²) in [5.74, 6) is 1.63. The molecule has 0 aromatic heterocycles. The van der Waals surface area contributed by atoms with Gasteiger partial charge in [-0.25, -0.2) is 0 Å². The topological polar surface area (TPSA) is 58.6 Å². The number of hydrogen-bond acceptors (Lipinski definition) is 4. The summed E-state index contributed by atoms with van der Waals surface area (Å²) in [6.45, 7) is 11.4. The Bertz CT molecular complexity index is 287. The molecular weight excluding hydrogens is 263 g/mol. The van der Waals surface area contributed by atoms with E-state index in [0.717, 1.165) is 0 Å². The molecule has 2 atom stereocenters. The van der Waals surface area contributed by atoms with E-state index < -0.39 is 13.7 Å². The van der Waals surface area contributed by atoms with Crippen LogP contribution in [0.25, 0.3) is 0 Å². The molecule has 0 saturated heterocycles. The molecule has 0 aliphatic rings. The van der Waals surface area contributed by atoms with Crippen LogP contribution in [0.5, 0.6) is 0 Å². The third-order valence-corrected chi connectivity index (χ3v) is 3.63. The van der Waals surface area contributed by atoms with Crippen LogP contribution < -0.4 is 4.89 Å². The Morgan fingerprint density at radius 1 is 1.16 bits per heavy atom. The second-order valence-corrected chi connectivity index (χ2v) is 7.15. The fourth-order valence-electron chi connectivity index (χ4n) is 1.24. The second kappa shape index (κ2) is 10.4. The lowest BCUT2D eigenvalue weighted by Gasteiger charge is -2.09. The molecule has 0 radical (unpaired) electrons. The van der Waals surface area contributed by atoms with Crippen molar-refractivity contribution in [1.29, 1.82) is 0 Å². The number of carbonyl (C=O) groups is 1. The predicted molar refractivity (Wildman–Crippen MR) is 78.5 cm³/mol. The molecular formula is C14H27O4P. The largest absolute Gasteiger partial charge is 0.631 e. The molecule has 0 rings (SSSR count). The molecule has 0 fully saturated rings. The van der Waals surface area contributed by atoms with E-state index in [4.69, 9.17) is 9.47 Å². The minimum absolute atomic E-state index is 0.305. The summed E-state index contributed by atoms with van der Waals surface area (Å²) in [7, 11) is -1.51. The van der Waals surface area contributed by atoms with Gasteiger partial charge in [0.15, 0.2) is 0 Å². The fourth-order valence-corrected chi connectivity index (χ4v) is 2.32. The highest BCUT2D eigenvalue weighted by molar-refractivity contribution is 7.50. The molecule has 0 spiro atoms. The van der Waals surface area contributed by atoms with E-state index >= 15 is 0 Å². The molecule has 0 aliphatic heterocycles. The van der Waals surface area contributed by atoms with E-state index in [1.54, 1.807) is 12.7 Å². The predicted octanol–water partition coefficient (Wildman–Crippen LogP) is 2.05. The Balaban J connectivity index is 3.95. The van der Waals surface area contributed by atoms with Gasteiger partial charge in [-0.3, -0.25) is 4.79 Å². The number of rotatable bonds is 9. The first-order valence-electron chi connectivity index (χ1n) is 6.86. The quantitative estimate of drug-likeness (QED) is 0.370. The van der Waals surface area contributed by atoms with Crippen LogP contribution >= 0.6 is 7.77 Å². The van der Waals surface area contributed by atoms with E-state index in [2.05, 4.69) is 13.8 Å². The van der Waals surface area contributed by atoms with E-state index in [1.807, 2.05) is 13.8 Å². The lowest BCUT2D eigenvalue weighted by Crippen LogP contribution is -2.19. The highest BCUT2D eigenvalue weighted by Gasteiger charge is 2.16. The van der Waals surface area contributed by atoms with Gasteiger partial charge in [0.05, 0.1) is 19.0 Å². The van der Waals surface area contributed by atoms with Crippen molar-refractivity contribution >= 4 is 19.5 Å². The molecule has 0 saturated carbocycles. The Morgan fingerprint density at radius 3 is 2.26 bits per heavy atom. The van der Waals surface area contributed by atoms with Crippen molar-refractivity contribution in [2.75, 3.05) is 26.0 Å². The lowest BCUT2D eigenvalue weighted by molar-refractivity contribution is -0.154. The molecule has 4 nitrogen and oxygen atoms in total. The van der Waals surface area contributed by atoms with Crippen LogP contribution in [-0.2, 0) is 14.3 Å². The summed E-state index contributed by atoms with van der Waals surface area (Å²) in [6, 6.07) is 0. The van der Waals surface area contributed by atoms with Gasteiger partial charge in [-0.15, -0.1) is 0 Å². The zero-order valence-electron chi connectivity index (χ0n) is 12.7. The van der Waals surface area contributed by atoms with Crippen molar-refractivity contribution in [1.82, 2.24) is 0 Å². The lowest BCUT2D eigenvalue weighted by atomic mass is 10.2. The SMILES string of the molecule is CC(C)COCC[P+]([O-])=CC(C)C(=O)OCC(C)C. The van der Waals surface area contributed by atoms with E-state index in [-0.39, 0.29) is 5.97 Å². The fraction of sp³-hybridized carbons (Fsp3) is 0.857. The van der Waals surface area contributed by atoms with Crippen LogP contribution in [0, 0.1) is 17.8 Å². The number of esters is 1. The summed E-state index contributed by atoms with van der Waals surface area (Å²) in [5.41, 5.74) is 0. The second-order valence-electron chi connectivity index (χ2n) is 5.57. The Hall–Kier alpha value is -0.440. The maximum Gasteiger partial charge on any atom is 0.316 e. The van der Waals surface area contributed by atoms with Gasteiger partial charge in [0.1, 0.15) is 12.1 Å². The van der Waals surface area contributed by atoms with Crippen LogP contribution in [-0.4, -0.2) is 37.7 Å². The first-order valence-corrected chi connectivity index (χ1v) is 8.37. The normalized spacial score (nSPS) is 14.0. The minimum atomic E-state index is -1.51. The molecule has 2 unspecified atom stereocenters. The van der Waals surface area contributed by atoms with Gasteiger partial charge in [0.25, 0.3) is 0 Å². The van der Waals surface area contributed by atoms with Crippen LogP contribution in [0.3, 0.4) is 0 Å². The van der Waals surface area contributed by atoms with E-state index in [0.29, 0.717) is 37.8 Å². The molecule has 0 amide bonds. The zero-order valence-corrected chi connectivity index (χ0v) is 13.6. The smallest absolute Gasteiger partial charge is 0.316 e. The van der Waals surface area contributed by atoms with Crippen LogP contribution in [0.15, 0.2) is 0 Å². The van der Waals surface area contributed by atoms with Gasteiger partial charge in [0, 0.05) is 14.4 Å². The van der Waals surface area contributed by atoms with Gasteiger partial charge >= 0.3 is 5.97 Å². The molecule has 0 aliphatic carbocycles. The Labute approximate surface area is 118 Å². The van der Waals surface area contributed by atoms with Crippen molar-refractivity contribution in [3.8, 4) is 0 Å². The van der Waals surface area contributed by atoms with Crippen LogP contribution in [0.4, 0.5) is 0 Å². The van der Waals surface area contributed by atoms with Crippen molar-refractivity contribution in [3.63, 3.8) is 0 Å². The molecule has 0 bridgehead atoms. The van der Waals surface area contributed by atoms with E-state index in [1.165, 1.54) is 0 Å². The van der Waals surface area contributed by atoms with Crippen molar-refractivity contribution in [2.24, 2.45) is 17.8 Å². The number of ether oxygens (including phenoxy) is 2. The summed E-state index contributed by atoms with van der Waals surface area (Å²) in [4.78, 5) is 23.3. The minimum Gasteiger partial charge on any atom is -0.631 e. The Morgan fingerprint density at radius 2 is 1.74 bits per heavy atom. The molecule has 0 heterocycles. The van der Waals surface area contributed by atoms with Gasteiger partial charge in [0.2, 0.25) is 0 Å². The van der Waals surface area contributed by atoms with E-state index in [9.17, 15) is 9.69 Å². The van der Waals surface area contributed by atoms with Crippen molar-refractivity contribution < 1.29 is 19.2 Å². The Kier molecular flexibility index (Phi) is 10.1. The van der Waals surface area contributed by atoms with Crippen LogP contribution in [0.1, 0.15) is 34.6 Å². The first-order chi connectivity index (χ1) is 8.82. The maximum atomic E-state index is 11.7. The molecule has 0 aromatic carbocycles. The highest BCUT2D eigenvalue weighted by Crippen LogP contribution is 2.13. The summed E-state index contributed by atoms with van der Waals surface area (Å²) >= 11 is 0.